The third-order valence-corrected chi connectivity index (χ3v) is 8.49. The van der Waals surface area contributed by atoms with E-state index in [1.807, 2.05) is 0 Å². The third-order valence-electron chi connectivity index (χ3n) is 8.49. The van der Waals surface area contributed by atoms with Crippen molar-refractivity contribution in [2.24, 2.45) is 17.8 Å². The molecule has 0 atom stereocenters. The van der Waals surface area contributed by atoms with Crippen LogP contribution in [-0.4, -0.2) is 11.1 Å². The number of hydrogen-bond donors (Lipinski definition) is 1. The second-order valence-corrected chi connectivity index (χ2v) is 10.4. The number of benzene rings is 3. The van der Waals surface area contributed by atoms with E-state index in [4.69, 9.17) is 0 Å². The van der Waals surface area contributed by atoms with Gasteiger partial charge in [0.2, 0.25) is 0 Å². The van der Waals surface area contributed by atoms with Crippen molar-refractivity contribution in [3.63, 3.8) is 0 Å². The van der Waals surface area contributed by atoms with Crippen LogP contribution in [0, 0.1) is 35.2 Å². The molecule has 0 spiro atoms. The van der Waals surface area contributed by atoms with E-state index in [-0.39, 0.29) is 17.0 Å². The van der Waals surface area contributed by atoms with E-state index in [1.54, 1.807) is 66.7 Å². The van der Waals surface area contributed by atoms with Gasteiger partial charge >= 0.3 is 5.97 Å². The molecule has 0 radical (unpaired) electrons. The minimum absolute atomic E-state index is 0.200. The zero-order valence-corrected chi connectivity index (χ0v) is 21.3. The quantitative estimate of drug-likeness (QED) is 0.357. The molecule has 0 bridgehead atoms. The molecule has 5 heteroatoms. The summed E-state index contributed by atoms with van der Waals surface area (Å²) in [5.41, 5.74) is 0.207. The molecule has 3 aromatic rings. The molecule has 5 rings (SSSR count). The first-order valence-electron chi connectivity index (χ1n) is 13.3. The number of carbonyl (C=O) groups is 1. The Morgan fingerprint density at radius 3 is 1.68 bits per heavy atom. The van der Waals surface area contributed by atoms with Crippen LogP contribution in [0.25, 0.3) is 11.1 Å². The van der Waals surface area contributed by atoms with Crippen LogP contribution in [0.3, 0.4) is 0 Å². The number of rotatable bonds is 6. The molecule has 0 unspecified atom stereocenters. The Labute approximate surface area is 221 Å². The maximum Gasteiger partial charge on any atom is 0.314 e. The molecule has 0 aliphatic heterocycles. The van der Waals surface area contributed by atoms with Crippen molar-refractivity contribution in [2.45, 2.75) is 44.4 Å². The molecule has 2 nitrogen and oxygen atoms in total. The van der Waals surface area contributed by atoms with Crippen LogP contribution < -0.4 is 0 Å². The minimum atomic E-state index is -1.29. The van der Waals surface area contributed by atoms with Gasteiger partial charge in [0.15, 0.2) is 0 Å². The van der Waals surface area contributed by atoms with Gasteiger partial charge in [0.25, 0.3) is 0 Å². The van der Waals surface area contributed by atoms with Crippen molar-refractivity contribution in [2.75, 3.05) is 0 Å². The lowest BCUT2D eigenvalue weighted by Crippen LogP contribution is -2.43. The Kier molecular flexibility index (Phi) is 7.29. The number of carboxylic acids is 1. The highest BCUT2D eigenvalue weighted by atomic mass is 19.1. The Hall–Kier alpha value is -3.60. The van der Waals surface area contributed by atoms with Crippen molar-refractivity contribution < 1.29 is 23.1 Å². The molecule has 1 saturated carbocycles. The molecule has 0 saturated heterocycles. The first-order valence-corrected chi connectivity index (χ1v) is 13.3. The fraction of sp³-hybridized carbons (Fsp3) is 0.303. The summed E-state index contributed by atoms with van der Waals surface area (Å²) in [6, 6.07) is 18.8. The molecular weight excluding hydrogens is 485 g/mol. The second-order valence-electron chi connectivity index (χ2n) is 10.4. The van der Waals surface area contributed by atoms with Crippen molar-refractivity contribution in [1.29, 1.82) is 0 Å². The lowest BCUT2D eigenvalue weighted by Gasteiger charge is -2.50. The summed E-state index contributed by atoms with van der Waals surface area (Å²) in [6.07, 6.45) is 7.40. The summed E-state index contributed by atoms with van der Waals surface area (Å²) in [5, 5.41) is 10.1. The standard InChI is InChI=1S/C33H31F3O2/c1-2-21-15-17-23(18-16-21)33(26-11-5-8-14-31(26)36)27(24-9-3-6-12-29(24)34)19-22(32(37)38)20-28(33)25-10-4-7-13-30(25)35/h3-14,19-23H,2,15-18H2,1H3,(H,37,38). The molecule has 0 amide bonds. The van der Waals surface area contributed by atoms with Crippen molar-refractivity contribution >= 4 is 17.1 Å². The Morgan fingerprint density at radius 2 is 1.24 bits per heavy atom. The number of aliphatic carboxylic acids is 1. The van der Waals surface area contributed by atoms with Crippen molar-refractivity contribution in [3.05, 3.63) is 119 Å². The minimum Gasteiger partial charge on any atom is -0.481 e. The Bertz CT molecular complexity index is 1340. The zero-order valence-electron chi connectivity index (χ0n) is 21.3. The van der Waals surface area contributed by atoms with E-state index in [0.717, 1.165) is 32.1 Å². The molecule has 2 aliphatic carbocycles. The summed E-state index contributed by atoms with van der Waals surface area (Å²) in [6.45, 7) is 2.16. The molecule has 1 N–H and O–H groups in total. The van der Waals surface area contributed by atoms with Gasteiger partial charge in [0.1, 0.15) is 17.5 Å². The highest BCUT2D eigenvalue weighted by Gasteiger charge is 2.52. The Balaban J connectivity index is 1.90. The largest absolute Gasteiger partial charge is 0.481 e. The number of halogens is 3. The average Bonchev–Trinajstić information content (AvgIpc) is 2.93. The van der Waals surface area contributed by atoms with Crippen LogP contribution in [0.4, 0.5) is 13.2 Å². The summed E-state index contributed by atoms with van der Waals surface area (Å²) < 4.78 is 47.2. The van der Waals surface area contributed by atoms with E-state index in [9.17, 15) is 9.90 Å². The van der Waals surface area contributed by atoms with Gasteiger partial charge in [-0.2, -0.15) is 0 Å². The first-order chi connectivity index (χ1) is 18.4. The van der Waals surface area contributed by atoms with Crippen LogP contribution >= 0.6 is 0 Å². The van der Waals surface area contributed by atoms with Gasteiger partial charge < -0.3 is 5.11 Å². The molecule has 0 aromatic heterocycles. The second kappa shape index (κ2) is 10.6. The van der Waals surface area contributed by atoms with Crippen molar-refractivity contribution in [1.82, 2.24) is 0 Å². The van der Waals surface area contributed by atoms with Gasteiger partial charge in [-0.15, -0.1) is 0 Å². The normalized spacial score (nSPS) is 25.4. The molecule has 3 aromatic carbocycles. The van der Waals surface area contributed by atoms with E-state index < -0.39 is 34.8 Å². The van der Waals surface area contributed by atoms with Crippen LogP contribution in [0.15, 0.2) is 84.9 Å². The van der Waals surface area contributed by atoms with Crippen LogP contribution in [0.1, 0.15) is 55.7 Å². The van der Waals surface area contributed by atoms with Crippen LogP contribution in [0.5, 0.6) is 0 Å². The van der Waals surface area contributed by atoms with E-state index in [1.165, 1.54) is 18.2 Å². The fourth-order valence-corrected chi connectivity index (χ4v) is 6.66. The number of carboxylic acid groups (broad SMARTS) is 1. The number of hydrogen-bond acceptors (Lipinski definition) is 1. The van der Waals surface area contributed by atoms with E-state index in [0.29, 0.717) is 22.6 Å². The topological polar surface area (TPSA) is 37.3 Å². The third kappa shape index (κ3) is 4.38. The average molecular weight is 517 g/mol. The summed E-state index contributed by atoms with van der Waals surface area (Å²) in [4.78, 5) is 12.4. The van der Waals surface area contributed by atoms with Gasteiger partial charge in [-0.3, -0.25) is 4.79 Å². The van der Waals surface area contributed by atoms with Gasteiger partial charge in [-0.1, -0.05) is 92.9 Å². The van der Waals surface area contributed by atoms with Crippen molar-refractivity contribution in [3.8, 4) is 0 Å². The lowest BCUT2D eigenvalue weighted by molar-refractivity contribution is -0.138. The first kappa shape index (κ1) is 26.0. The fourth-order valence-electron chi connectivity index (χ4n) is 6.66. The summed E-state index contributed by atoms with van der Waals surface area (Å²) in [5.74, 6) is -3.48. The predicted octanol–water partition coefficient (Wildman–Crippen LogP) is 8.44. The molecule has 38 heavy (non-hydrogen) atoms. The number of allylic oxidation sites excluding steroid dienone is 2. The zero-order chi connectivity index (χ0) is 26.9. The predicted molar refractivity (Wildman–Crippen MR) is 144 cm³/mol. The Morgan fingerprint density at radius 1 is 0.763 bits per heavy atom. The highest BCUT2D eigenvalue weighted by molar-refractivity contribution is 5.98. The van der Waals surface area contributed by atoms with Gasteiger partial charge in [-0.05, 0) is 54.0 Å². The van der Waals surface area contributed by atoms with Gasteiger partial charge in [0.05, 0.1) is 11.3 Å². The van der Waals surface area contributed by atoms with Gasteiger partial charge in [-0.25, -0.2) is 13.2 Å². The smallest absolute Gasteiger partial charge is 0.314 e. The summed E-state index contributed by atoms with van der Waals surface area (Å²) >= 11 is 0. The maximum atomic E-state index is 16.0. The van der Waals surface area contributed by atoms with E-state index >= 15 is 13.2 Å². The van der Waals surface area contributed by atoms with Gasteiger partial charge in [0, 0.05) is 16.7 Å². The molecule has 0 heterocycles. The SMILES string of the molecule is CCC1CCC(C2(c3ccccc3F)C(c3ccccc3F)=CC(C(=O)O)C=C2c2ccccc2F)CC1. The summed E-state index contributed by atoms with van der Waals surface area (Å²) in [7, 11) is 0. The molecular formula is C33H31F3O2. The maximum absolute atomic E-state index is 16.0. The van der Waals surface area contributed by atoms with E-state index in [2.05, 4.69) is 6.92 Å². The lowest BCUT2D eigenvalue weighted by atomic mass is 9.52. The monoisotopic (exact) mass is 516 g/mol. The molecule has 2 aliphatic rings. The molecule has 1 fully saturated rings. The van der Waals surface area contributed by atoms with Crippen LogP contribution in [0.2, 0.25) is 0 Å². The molecule has 196 valence electrons. The van der Waals surface area contributed by atoms with Crippen LogP contribution in [-0.2, 0) is 10.2 Å². The highest BCUT2D eigenvalue weighted by Crippen LogP contribution is 2.60.